The number of hydrogen-bond acceptors (Lipinski definition) is 2. The summed E-state index contributed by atoms with van der Waals surface area (Å²) in [5.41, 5.74) is 4.05. The number of aromatic nitrogens is 1. The highest BCUT2D eigenvalue weighted by molar-refractivity contribution is 5.63. The first kappa shape index (κ1) is 9.00. The second-order valence-corrected chi connectivity index (χ2v) is 3.41. The molecule has 0 saturated carbocycles. The maximum Gasteiger partial charge on any atom is 0.137 e. The molecular weight excluding hydrogens is 174 g/mol. The van der Waals surface area contributed by atoms with Crippen LogP contribution in [0.2, 0.25) is 0 Å². The first-order valence-electron chi connectivity index (χ1n) is 4.54. The molecule has 0 unspecified atom stereocenters. The Kier molecular flexibility index (Phi) is 2.12. The van der Waals surface area contributed by atoms with Crippen LogP contribution in [0.4, 0.5) is 0 Å². The highest BCUT2D eigenvalue weighted by Crippen LogP contribution is 2.24. The van der Waals surface area contributed by atoms with Crippen molar-refractivity contribution in [3.8, 4) is 11.3 Å². The van der Waals surface area contributed by atoms with Crippen LogP contribution in [0.25, 0.3) is 11.3 Å². The first-order chi connectivity index (χ1) is 6.68. The number of aryl methyl sites for hydroxylation is 1. The average Bonchev–Trinajstić information content (AvgIpc) is 2.48. The molecule has 1 radical (unpaired) electrons. The molecule has 0 N–H and O–H groups in total. The zero-order valence-corrected chi connectivity index (χ0v) is 8.37. The topological polar surface area (TPSA) is 26.0 Å². The maximum absolute atomic E-state index is 5.12. The van der Waals surface area contributed by atoms with Gasteiger partial charge < -0.3 is 4.52 Å². The third kappa shape index (κ3) is 1.43. The summed E-state index contributed by atoms with van der Waals surface area (Å²) >= 11 is 0. The Morgan fingerprint density at radius 2 is 2.07 bits per heavy atom. The van der Waals surface area contributed by atoms with Crippen molar-refractivity contribution in [3.05, 3.63) is 48.1 Å². The Bertz CT molecular complexity index is 457. The van der Waals surface area contributed by atoms with E-state index in [1.807, 2.05) is 38.1 Å². The zero-order valence-electron chi connectivity index (χ0n) is 8.37. The van der Waals surface area contributed by atoms with Gasteiger partial charge in [0.2, 0.25) is 0 Å². The molecule has 0 spiro atoms. The van der Waals surface area contributed by atoms with Crippen LogP contribution in [0, 0.1) is 20.8 Å². The summed E-state index contributed by atoms with van der Waals surface area (Å²) in [7, 11) is 0. The second-order valence-electron chi connectivity index (χ2n) is 3.41. The van der Waals surface area contributed by atoms with Crippen LogP contribution < -0.4 is 0 Å². The molecule has 71 valence electrons. The van der Waals surface area contributed by atoms with Crippen molar-refractivity contribution in [2.45, 2.75) is 13.8 Å². The minimum absolute atomic E-state index is 0.870. The Balaban J connectivity index is 2.55. The second kappa shape index (κ2) is 3.29. The number of rotatable bonds is 1. The lowest BCUT2D eigenvalue weighted by atomic mass is 10.1. The molecule has 2 nitrogen and oxygen atoms in total. The van der Waals surface area contributed by atoms with Crippen LogP contribution >= 0.6 is 0 Å². The molecule has 1 heterocycles. The summed E-state index contributed by atoms with van der Waals surface area (Å²) in [6.45, 7) is 7.81. The lowest BCUT2D eigenvalue weighted by molar-refractivity contribution is 0.398. The molecule has 0 bridgehead atoms. The third-order valence-corrected chi connectivity index (χ3v) is 2.36. The summed E-state index contributed by atoms with van der Waals surface area (Å²) < 4.78 is 5.12. The molecule has 2 rings (SSSR count). The van der Waals surface area contributed by atoms with Gasteiger partial charge in [-0.3, -0.25) is 0 Å². The minimum atomic E-state index is 0.870. The number of nitrogens with zero attached hydrogens (tertiary/aromatic N) is 1. The van der Waals surface area contributed by atoms with Gasteiger partial charge in [0.15, 0.2) is 0 Å². The van der Waals surface area contributed by atoms with Crippen LogP contribution in [0.15, 0.2) is 28.8 Å². The van der Waals surface area contributed by atoms with Crippen LogP contribution in [0.1, 0.15) is 16.9 Å². The molecule has 2 aromatic rings. The van der Waals surface area contributed by atoms with E-state index < -0.39 is 0 Å². The van der Waals surface area contributed by atoms with Gasteiger partial charge in [0.25, 0.3) is 0 Å². The molecule has 0 saturated heterocycles. The zero-order chi connectivity index (χ0) is 10.1. The Morgan fingerprint density at radius 3 is 2.64 bits per heavy atom. The lowest BCUT2D eigenvalue weighted by Gasteiger charge is -1.98. The third-order valence-electron chi connectivity index (χ3n) is 2.36. The summed E-state index contributed by atoms with van der Waals surface area (Å²) in [6.07, 6.45) is 0. The monoisotopic (exact) mass is 186 g/mol. The normalized spacial score (nSPS) is 10.5. The van der Waals surface area contributed by atoms with Crippen molar-refractivity contribution in [2.24, 2.45) is 0 Å². The van der Waals surface area contributed by atoms with Gasteiger partial charge in [0.05, 0.1) is 0 Å². The fourth-order valence-electron chi connectivity index (χ4n) is 1.41. The van der Waals surface area contributed by atoms with E-state index in [0.717, 1.165) is 28.1 Å². The van der Waals surface area contributed by atoms with E-state index >= 15 is 0 Å². The Morgan fingerprint density at radius 1 is 1.29 bits per heavy atom. The van der Waals surface area contributed by atoms with E-state index in [0.29, 0.717) is 0 Å². The standard InChI is InChI=1S/C12H12NO/c1-8-5-4-6-11(7-8)12-9(2)10(3)14-13-12/h4-7H,1H2,2-3H3. The van der Waals surface area contributed by atoms with E-state index in [2.05, 4.69) is 12.1 Å². The van der Waals surface area contributed by atoms with Crippen molar-refractivity contribution in [3.63, 3.8) is 0 Å². The Labute approximate surface area is 83.5 Å². The van der Waals surface area contributed by atoms with Gasteiger partial charge in [-0.25, -0.2) is 0 Å². The fourth-order valence-corrected chi connectivity index (χ4v) is 1.41. The maximum atomic E-state index is 5.12. The molecule has 14 heavy (non-hydrogen) atoms. The predicted octanol–water partition coefficient (Wildman–Crippen LogP) is 3.14. The molecule has 0 aliphatic carbocycles. The smallest absolute Gasteiger partial charge is 0.137 e. The van der Waals surface area contributed by atoms with Crippen molar-refractivity contribution >= 4 is 0 Å². The largest absolute Gasteiger partial charge is 0.361 e. The summed E-state index contributed by atoms with van der Waals surface area (Å²) in [4.78, 5) is 0. The highest BCUT2D eigenvalue weighted by atomic mass is 16.5. The van der Waals surface area contributed by atoms with Crippen molar-refractivity contribution in [2.75, 3.05) is 0 Å². The summed E-state index contributed by atoms with van der Waals surface area (Å²) in [5.74, 6) is 0.870. The first-order valence-corrected chi connectivity index (χ1v) is 4.54. The molecule has 1 aromatic heterocycles. The predicted molar refractivity (Wildman–Crippen MR) is 55.9 cm³/mol. The van der Waals surface area contributed by atoms with E-state index in [1.54, 1.807) is 0 Å². The quantitative estimate of drug-likeness (QED) is 0.683. The number of hydrogen-bond donors (Lipinski definition) is 0. The summed E-state index contributed by atoms with van der Waals surface area (Å²) in [5, 5.41) is 4.02. The minimum Gasteiger partial charge on any atom is -0.361 e. The molecule has 2 heteroatoms. The van der Waals surface area contributed by atoms with E-state index in [4.69, 9.17) is 4.52 Å². The molecule has 0 amide bonds. The van der Waals surface area contributed by atoms with E-state index in [9.17, 15) is 0 Å². The van der Waals surface area contributed by atoms with Crippen LogP contribution in [0.5, 0.6) is 0 Å². The van der Waals surface area contributed by atoms with Gasteiger partial charge >= 0.3 is 0 Å². The average molecular weight is 186 g/mol. The fraction of sp³-hybridized carbons (Fsp3) is 0.167. The van der Waals surface area contributed by atoms with E-state index in [-0.39, 0.29) is 0 Å². The van der Waals surface area contributed by atoms with Gasteiger partial charge in [-0.1, -0.05) is 23.4 Å². The van der Waals surface area contributed by atoms with Gasteiger partial charge in [-0.15, -0.1) is 0 Å². The lowest BCUT2D eigenvalue weighted by Crippen LogP contribution is -1.82. The summed E-state index contributed by atoms with van der Waals surface area (Å²) in [6, 6.07) is 7.95. The van der Waals surface area contributed by atoms with Crippen molar-refractivity contribution in [1.82, 2.24) is 5.16 Å². The van der Waals surface area contributed by atoms with Gasteiger partial charge in [-0.05, 0) is 32.4 Å². The molecule has 0 atom stereocenters. The van der Waals surface area contributed by atoms with Crippen molar-refractivity contribution in [1.29, 1.82) is 0 Å². The SMILES string of the molecule is [CH2]c1cccc(-c2noc(C)c2C)c1. The van der Waals surface area contributed by atoms with Crippen LogP contribution in [-0.2, 0) is 0 Å². The van der Waals surface area contributed by atoms with Gasteiger partial charge in [-0.2, -0.15) is 0 Å². The van der Waals surface area contributed by atoms with Gasteiger partial charge in [0.1, 0.15) is 11.5 Å². The number of benzene rings is 1. The molecule has 0 fully saturated rings. The molecule has 0 aliphatic heterocycles. The van der Waals surface area contributed by atoms with Gasteiger partial charge in [0, 0.05) is 11.1 Å². The van der Waals surface area contributed by atoms with Crippen LogP contribution in [-0.4, -0.2) is 5.16 Å². The van der Waals surface area contributed by atoms with Crippen LogP contribution in [0.3, 0.4) is 0 Å². The molecular formula is C12H12NO. The molecule has 0 aliphatic rings. The highest BCUT2D eigenvalue weighted by Gasteiger charge is 2.09. The van der Waals surface area contributed by atoms with E-state index in [1.165, 1.54) is 0 Å². The Hall–Kier alpha value is -1.57. The molecule has 1 aromatic carbocycles. The van der Waals surface area contributed by atoms with Crippen molar-refractivity contribution < 1.29 is 4.52 Å².